The second-order valence-electron chi connectivity index (χ2n) is 4.16. The summed E-state index contributed by atoms with van der Waals surface area (Å²) in [7, 11) is 0. The maximum atomic E-state index is 11.4. The zero-order chi connectivity index (χ0) is 14.9. The lowest BCUT2D eigenvalue weighted by molar-refractivity contribution is 0.141. The minimum atomic E-state index is -0.529. The first-order chi connectivity index (χ1) is 10.2. The normalized spacial score (nSPS) is 9.33. The topological polar surface area (TPSA) is 71.2 Å². The van der Waals surface area contributed by atoms with Crippen LogP contribution in [-0.2, 0) is 11.3 Å². The van der Waals surface area contributed by atoms with Crippen molar-refractivity contribution in [3.05, 3.63) is 70.1 Å². The number of hydrogen-bond acceptors (Lipinski definition) is 3. The van der Waals surface area contributed by atoms with E-state index in [9.17, 15) is 9.59 Å². The van der Waals surface area contributed by atoms with Gasteiger partial charge in [-0.15, -0.1) is 0 Å². The molecule has 2 N–H and O–H groups in total. The number of H-pyrrole nitrogens is 1. The van der Waals surface area contributed by atoms with Crippen LogP contribution in [0.4, 0.5) is 4.79 Å². The predicted molar refractivity (Wildman–Crippen MR) is 78.6 cm³/mol. The SMILES string of the molecule is O=C(NCC#Cc1cc[nH]c(=O)c1)OCc1ccccc1. The Morgan fingerprint density at radius 1 is 1.24 bits per heavy atom. The molecular formula is C16H14N2O3. The van der Waals surface area contributed by atoms with Crippen LogP contribution in [-0.4, -0.2) is 17.6 Å². The number of aromatic amines is 1. The number of amides is 1. The molecule has 0 saturated heterocycles. The molecule has 0 aliphatic heterocycles. The summed E-state index contributed by atoms with van der Waals surface area (Å²) in [5.74, 6) is 5.52. The van der Waals surface area contributed by atoms with Gasteiger partial charge in [0.2, 0.25) is 5.56 Å². The van der Waals surface area contributed by atoms with Crippen molar-refractivity contribution in [2.24, 2.45) is 0 Å². The van der Waals surface area contributed by atoms with Crippen LogP contribution in [0, 0.1) is 11.8 Å². The van der Waals surface area contributed by atoms with Crippen molar-refractivity contribution in [3.63, 3.8) is 0 Å². The Kier molecular flexibility index (Phi) is 5.18. The van der Waals surface area contributed by atoms with Gasteiger partial charge in [-0.3, -0.25) is 4.79 Å². The summed E-state index contributed by atoms with van der Waals surface area (Å²) in [5.41, 5.74) is 1.30. The highest BCUT2D eigenvalue weighted by atomic mass is 16.5. The van der Waals surface area contributed by atoms with Crippen molar-refractivity contribution < 1.29 is 9.53 Å². The second-order valence-corrected chi connectivity index (χ2v) is 4.16. The fourth-order valence-corrected chi connectivity index (χ4v) is 1.56. The van der Waals surface area contributed by atoms with Crippen LogP contribution in [0.25, 0.3) is 0 Å². The zero-order valence-corrected chi connectivity index (χ0v) is 11.3. The third-order valence-corrected chi connectivity index (χ3v) is 2.54. The summed E-state index contributed by atoms with van der Waals surface area (Å²) in [5, 5.41) is 2.52. The van der Waals surface area contributed by atoms with E-state index < -0.39 is 6.09 Å². The number of benzene rings is 1. The number of rotatable bonds is 3. The summed E-state index contributed by atoms with van der Waals surface area (Å²) in [6.07, 6.45) is 0.993. The van der Waals surface area contributed by atoms with Gasteiger partial charge in [-0.1, -0.05) is 42.2 Å². The highest BCUT2D eigenvalue weighted by Gasteiger charge is 1.99. The maximum absolute atomic E-state index is 11.4. The molecule has 21 heavy (non-hydrogen) atoms. The van der Waals surface area contributed by atoms with Crippen molar-refractivity contribution in [2.45, 2.75) is 6.61 Å². The first kappa shape index (κ1) is 14.4. The lowest BCUT2D eigenvalue weighted by Gasteiger charge is -2.04. The van der Waals surface area contributed by atoms with E-state index in [1.807, 2.05) is 30.3 Å². The number of aromatic nitrogens is 1. The number of ether oxygens (including phenoxy) is 1. The van der Waals surface area contributed by atoms with Gasteiger partial charge in [0.15, 0.2) is 0 Å². The Morgan fingerprint density at radius 2 is 2.05 bits per heavy atom. The molecule has 1 aromatic carbocycles. The molecular weight excluding hydrogens is 268 g/mol. The van der Waals surface area contributed by atoms with Gasteiger partial charge in [0, 0.05) is 17.8 Å². The summed E-state index contributed by atoms with van der Waals surface area (Å²) < 4.78 is 5.03. The number of carbonyl (C=O) groups excluding carboxylic acids is 1. The Balaban J connectivity index is 1.74. The van der Waals surface area contributed by atoms with Crippen molar-refractivity contribution in [1.82, 2.24) is 10.3 Å². The van der Waals surface area contributed by atoms with Gasteiger partial charge < -0.3 is 15.0 Å². The number of alkyl carbamates (subject to hydrolysis) is 1. The highest BCUT2D eigenvalue weighted by molar-refractivity contribution is 5.67. The smallest absolute Gasteiger partial charge is 0.408 e. The van der Waals surface area contributed by atoms with E-state index in [1.165, 1.54) is 12.3 Å². The van der Waals surface area contributed by atoms with Crippen molar-refractivity contribution in [3.8, 4) is 11.8 Å². The molecule has 1 amide bonds. The van der Waals surface area contributed by atoms with Crippen LogP contribution in [0.1, 0.15) is 11.1 Å². The van der Waals surface area contributed by atoms with Gasteiger partial charge >= 0.3 is 6.09 Å². The van der Waals surface area contributed by atoms with E-state index in [2.05, 4.69) is 22.1 Å². The molecule has 1 aromatic heterocycles. The lowest BCUT2D eigenvalue weighted by Crippen LogP contribution is -2.24. The standard InChI is InChI=1S/C16H14N2O3/c19-15-11-13(8-10-17-15)7-4-9-18-16(20)21-12-14-5-2-1-3-6-14/h1-3,5-6,8,10-11H,9,12H2,(H,17,19)(H,18,20). The van der Waals surface area contributed by atoms with E-state index in [0.717, 1.165) is 5.56 Å². The molecule has 0 radical (unpaired) electrons. The number of nitrogens with one attached hydrogen (secondary N) is 2. The quantitative estimate of drug-likeness (QED) is 0.841. The van der Waals surface area contributed by atoms with Crippen LogP contribution in [0.5, 0.6) is 0 Å². The molecule has 5 nitrogen and oxygen atoms in total. The van der Waals surface area contributed by atoms with E-state index in [-0.39, 0.29) is 18.7 Å². The van der Waals surface area contributed by atoms with Gasteiger partial charge in [-0.25, -0.2) is 4.79 Å². The van der Waals surface area contributed by atoms with Gasteiger partial charge in [-0.05, 0) is 11.6 Å². The first-order valence-corrected chi connectivity index (χ1v) is 6.36. The van der Waals surface area contributed by atoms with Crippen LogP contribution in [0.3, 0.4) is 0 Å². The molecule has 0 bridgehead atoms. The minimum Gasteiger partial charge on any atom is -0.445 e. The summed E-state index contributed by atoms with van der Waals surface area (Å²) in [6.45, 7) is 0.370. The third kappa shape index (κ3) is 5.25. The Morgan fingerprint density at radius 3 is 2.81 bits per heavy atom. The van der Waals surface area contributed by atoms with Gasteiger partial charge in [0.25, 0.3) is 0 Å². The molecule has 5 heteroatoms. The van der Waals surface area contributed by atoms with Crippen molar-refractivity contribution in [2.75, 3.05) is 6.54 Å². The van der Waals surface area contributed by atoms with Crippen LogP contribution < -0.4 is 10.9 Å². The monoisotopic (exact) mass is 282 g/mol. The highest BCUT2D eigenvalue weighted by Crippen LogP contribution is 2.00. The summed E-state index contributed by atoms with van der Waals surface area (Å²) in [4.78, 5) is 25.0. The fraction of sp³-hybridized carbons (Fsp3) is 0.125. The summed E-state index contributed by atoms with van der Waals surface area (Å²) in [6, 6.07) is 12.5. The number of pyridine rings is 1. The van der Waals surface area contributed by atoms with Crippen LogP contribution in [0.2, 0.25) is 0 Å². The van der Waals surface area contributed by atoms with Gasteiger partial charge in [0.05, 0.1) is 6.54 Å². The van der Waals surface area contributed by atoms with E-state index in [1.54, 1.807) is 6.07 Å². The average Bonchev–Trinajstić information content (AvgIpc) is 2.51. The molecule has 1 heterocycles. The summed E-state index contributed by atoms with van der Waals surface area (Å²) >= 11 is 0. The molecule has 0 aliphatic rings. The van der Waals surface area contributed by atoms with Crippen LogP contribution >= 0.6 is 0 Å². The van der Waals surface area contributed by atoms with Crippen LogP contribution in [0.15, 0.2) is 53.5 Å². The average molecular weight is 282 g/mol. The Bertz CT molecular complexity index is 711. The maximum Gasteiger partial charge on any atom is 0.408 e. The van der Waals surface area contributed by atoms with E-state index in [0.29, 0.717) is 5.56 Å². The molecule has 0 aliphatic carbocycles. The Hall–Kier alpha value is -3.00. The van der Waals surface area contributed by atoms with E-state index >= 15 is 0 Å². The molecule has 106 valence electrons. The second kappa shape index (κ2) is 7.56. The molecule has 0 atom stereocenters. The molecule has 0 fully saturated rings. The molecule has 0 saturated carbocycles. The lowest BCUT2D eigenvalue weighted by atomic mass is 10.2. The third-order valence-electron chi connectivity index (χ3n) is 2.54. The molecule has 2 aromatic rings. The fourth-order valence-electron chi connectivity index (χ4n) is 1.56. The minimum absolute atomic E-state index is 0.153. The molecule has 0 spiro atoms. The van der Waals surface area contributed by atoms with Gasteiger partial charge in [0.1, 0.15) is 6.61 Å². The molecule has 2 rings (SSSR count). The zero-order valence-electron chi connectivity index (χ0n) is 11.3. The van der Waals surface area contributed by atoms with Crippen molar-refractivity contribution >= 4 is 6.09 Å². The molecule has 0 unspecified atom stereocenters. The van der Waals surface area contributed by atoms with E-state index in [4.69, 9.17) is 4.74 Å². The van der Waals surface area contributed by atoms with Gasteiger partial charge in [-0.2, -0.15) is 0 Å². The predicted octanol–water partition coefficient (Wildman–Crippen LogP) is 1.65. The van der Waals surface area contributed by atoms with Crippen molar-refractivity contribution in [1.29, 1.82) is 0 Å². The largest absolute Gasteiger partial charge is 0.445 e. The number of carbonyl (C=O) groups is 1. The Labute approximate surface area is 122 Å². The first-order valence-electron chi connectivity index (χ1n) is 6.36. The number of hydrogen-bond donors (Lipinski definition) is 2.